The molecule has 0 fully saturated rings. The van der Waals surface area contributed by atoms with Gasteiger partial charge in [0.2, 0.25) is 0 Å². The molecule has 2 aromatic carbocycles. The molecule has 2 N–H and O–H groups in total. The van der Waals surface area contributed by atoms with Crippen LogP contribution in [0.15, 0.2) is 60.8 Å². The molecular formula is C18H13NO3. The molecule has 0 aliphatic rings. The highest BCUT2D eigenvalue weighted by atomic mass is 16.3. The quantitative estimate of drug-likeness (QED) is 0.572. The number of hydrogen-bond donors (Lipinski definition) is 2. The Labute approximate surface area is 127 Å². The smallest absolute Gasteiger partial charge is 0.189 e. The molecule has 4 nitrogen and oxygen atoms in total. The lowest BCUT2D eigenvalue weighted by molar-refractivity contribution is 0.104. The highest BCUT2D eigenvalue weighted by Gasteiger charge is 2.09. The van der Waals surface area contributed by atoms with Crippen molar-refractivity contribution in [2.24, 2.45) is 0 Å². The zero-order chi connectivity index (χ0) is 15.5. The molecule has 0 aliphatic carbocycles. The Morgan fingerprint density at radius 3 is 2.68 bits per heavy atom. The third-order valence-corrected chi connectivity index (χ3v) is 3.34. The van der Waals surface area contributed by atoms with E-state index in [2.05, 4.69) is 4.98 Å². The number of pyridine rings is 1. The summed E-state index contributed by atoms with van der Waals surface area (Å²) in [6.45, 7) is 0. The number of nitrogens with zero attached hydrogens (tertiary/aromatic N) is 1. The number of carbonyl (C=O) groups is 1. The van der Waals surface area contributed by atoms with Crippen LogP contribution in [0.2, 0.25) is 0 Å². The summed E-state index contributed by atoms with van der Waals surface area (Å²) in [5.41, 5.74) is 1.87. The molecule has 0 saturated heterocycles. The second-order valence-electron chi connectivity index (χ2n) is 4.82. The van der Waals surface area contributed by atoms with Gasteiger partial charge in [-0.2, -0.15) is 0 Å². The molecule has 3 aromatic rings. The molecular weight excluding hydrogens is 278 g/mol. The Kier molecular flexibility index (Phi) is 3.58. The molecule has 22 heavy (non-hydrogen) atoms. The molecule has 1 aromatic heterocycles. The van der Waals surface area contributed by atoms with E-state index in [-0.39, 0.29) is 22.8 Å². The molecule has 0 spiro atoms. The summed E-state index contributed by atoms with van der Waals surface area (Å²) in [6.07, 6.45) is 4.77. The molecule has 108 valence electrons. The number of phenols is 2. The van der Waals surface area contributed by atoms with Gasteiger partial charge in [0.25, 0.3) is 0 Å². The van der Waals surface area contributed by atoms with Gasteiger partial charge in [-0.05, 0) is 35.9 Å². The lowest BCUT2D eigenvalue weighted by atomic mass is 10.1. The summed E-state index contributed by atoms with van der Waals surface area (Å²) in [6, 6.07) is 13.4. The van der Waals surface area contributed by atoms with Crippen LogP contribution in [0.25, 0.3) is 17.0 Å². The third-order valence-electron chi connectivity index (χ3n) is 3.34. The fraction of sp³-hybridized carbons (Fsp3) is 0. The van der Waals surface area contributed by atoms with Gasteiger partial charge in [0.1, 0.15) is 11.5 Å². The topological polar surface area (TPSA) is 70.4 Å². The van der Waals surface area contributed by atoms with Crippen LogP contribution < -0.4 is 0 Å². The number of benzene rings is 2. The number of rotatable bonds is 3. The predicted molar refractivity (Wildman–Crippen MR) is 84.9 cm³/mol. The monoisotopic (exact) mass is 291 g/mol. The molecule has 0 atom stereocenters. The minimum absolute atomic E-state index is 0.0850. The van der Waals surface area contributed by atoms with Crippen molar-refractivity contribution in [1.82, 2.24) is 4.98 Å². The molecule has 1 heterocycles. The van der Waals surface area contributed by atoms with Crippen molar-refractivity contribution in [3.63, 3.8) is 0 Å². The fourth-order valence-corrected chi connectivity index (χ4v) is 2.25. The van der Waals surface area contributed by atoms with Crippen molar-refractivity contribution in [2.45, 2.75) is 0 Å². The van der Waals surface area contributed by atoms with E-state index in [0.717, 1.165) is 22.5 Å². The highest BCUT2D eigenvalue weighted by Crippen LogP contribution is 2.24. The lowest BCUT2D eigenvalue weighted by Gasteiger charge is -2.02. The summed E-state index contributed by atoms with van der Waals surface area (Å²) < 4.78 is 0. The minimum Gasteiger partial charge on any atom is -0.508 e. The van der Waals surface area contributed by atoms with E-state index in [0.29, 0.717) is 0 Å². The normalized spacial score (nSPS) is 11.1. The van der Waals surface area contributed by atoms with E-state index < -0.39 is 0 Å². The van der Waals surface area contributed by atoms with Gasteiger partial charge in [0.15, 0.2) is 5.78 Å². The van der Waals surface area contributed by atoms with Crippen LogP contribution in [0, 0.1) is 0 Å². The SMILES string of the molecule is O=C(/C=C/c1ccnc2ccccc12)c1ccc(O)cc1O. The van der Waals surface area contributed by atoms with Gasteiger partial charge in [-0.25, -0.2) is 0 Å². The summed E-state index contributed by atoms with van der Waals surface area (Å²) >= 11 is 0. The van der Waals surface area contributed by atoms with E-state index in [4.69, 9.17) is 0 Å². The van der Waals surface area contributed by atoms with Crippen LogP contribution >= 0.6 is 0 Å². The second-order valence-corrected chi connectivity index (χ2v) is 4.82. The van der Waals surface area contributed by atoms with Crippen molar-refractivity contribution in [2.75, 3.05) is 0 Å². The largest absolute Gasteiger partial charge is 0.508 e. The minimum atomic E-state index is -0.335. The molecule has 0 amide bonds. The second kappa shape index (κ2) is 5.69. The van der Waals surface area contributed by atoms with Crippen LogP contribution in [-0.2, 0) is 0 Å². The molecule has 0 unspecified atom stereocenters. The Hall–Kier alpha value is -3.14. The summed E-state index contributed by atoms with van der Waals surface area (Å²) in [5.74, 6) is -0.661. The first kappa shape index (κ1) is 13.8. The highest BCUT2D eigenvalue weighted by molar-refractivity contribution is 6.09. The first-order valence-electron chi connectivity index (χ1n) is 6.73. The van der Waals surface area contributed by atoms with Gasteiger partial charge in [-0.15, -0.1) is 0 Å². The first-order valence-corrected chi connectivity index (χ1v) is 6.73. The molecule has 4 heteroatoms. The van der Waals surface area contributed by atoms with E-state index >= 15 is 0 Å². The van der Waals surface area contributed by atoms with Crippen molar-refractivity contribution >= 4 is 22.8 Å². The van der Waals surface area contributed by atoms with E-state index in [9.17, 15) is 15.0 Å². The molecule has 0 saturated carbocycles. The van der Waals surface area contributed by atoms with Crippen molar-refractivity contribution in [3.8, 4) is 11.5 Å². The summed E-state index contributed by atoms with van der Waals surface area (Å²) in [5, 5.41) is 19.9. The average molecular weight is 291 g/mol. The number of ketones is 1. The van der Waals surface area contributed by atoms with Crippen LogP contribution in [0.4, 0.5) is 0 Å². The standard InChI is InChI=1S/C18H13NO3/c20-13-6-7-15(18(22)11-13)17(21)8-5-12-9-10-19-16-4-2-1-3-14(12)16/h1-11,20,22H/b8-5+. The van der Waals surface area contributed by atoms with E-state index in [1.54, 1.807) is 12.3 Å². The Bertz CT molecular complexity index is 879. The number of carbonyl (C=O) groups excluding carboxylic acids is 1. The zero-order valence-electron chi connectivity index (χ0n) is 11.6. The van der Waals surface area contributed by atoms with Crippen molar-refractivity contribution in [1.29, 1.82) is 0 Å². The average Bonchev–Trinajstić information content (AvgIpc) is 2.52. The maximum atomic E-state index is 12.1. The van der Waals surface area contributed by atoms with Crippen molar-refractivity contribution in [3.05, 3.63) is 71.9 Å². The summed E-state index contributed by atoms with van der Waals surface area (Å²) in [7, 11) is 0. The lowest BCUT2D eigenvalue weighted by Crippen LogP contribution is -1.94. The number of aromatic nitrogens is 1. The van der Waals surface area contributed by atoms with Crippen LogP contribution in [-0.4, -0.2) is 21.0 Å². The number of hydrogen-bond acceptors (Lipinski definition) is 4. The Morgan fingerprint density at radius 2 is 1.86 bits per heavy atom. The number of fused-ring (bicyclic) bond motifs is 1. The van der Waals surface area contributed by atoms with Gasteiger partial charge in [0.05, 0.1) is 11.1 Å². The van der Waals surface area contributed by atoms with Gasteiger partial charge in [-0.3, -0.25) is 9.78 Å². The number of allylic oxidation sites excluding steroid dienone is 1. The van der Waals surface area contributed by atoms with E-state index in [1.165, 1.54) is 18.2 Å². The molecule has 3 rings (SSSR count). The van der Waals surface area contributed by atoms with Crippen molar-refractivity contribution < 1.29 is 15.0 Å². The third kappa shape index (κ3) is 2.67. The maximum absolute atomic E-state index is 12.1. The van der Waals surface area contributed by atoms with Crippen LogP contribution in [0.3, 0.4) is 0 Å². The fourth-order valence-electron chi connectivity index (χ4n) is 2.25. The molecule has 0 bridgehead atoms. The van der Waals surface area contributed by atoms with Crippen LogP contribution in [0.5, 0.6) is 11.5 Å². The zero-order valence-corrected chi connectivity index (χ0v) is 11.6. The Balaban J connectivity index is 1.94. The maximum Gasteiger partial charge on any atom is 0.189 e. The predicted octanol–water partition coefficient (Wildman–Crippen LogP) is 3.54. The van der Waals surface area contributed by atoms with Gasteiger partial charge >= 0.3 is 0 Å². The number of phenolic OH excluding ortho intramolecular Hbond substituents is 2. The summed E-state index contributed by atoms with van der Waals surface area (Å²) in [4.78, 5) is 16.4. The number of para-hydroxylation sites is 1. The molecule has 0 radical (unpaired) electrons. The molecule has 0 aliphatic heterocycles. The number of aromatic hydroxyl groups is 2. The van der Waals surface area contributed by atoms with Crippen LogP contribution in [0.1, 0.15) is 15.9 Å². The van der Waals surface area contributed by atoms with Gasteiger partial charge < -0.3 is 10.2 Å². The van der Waals surface area contributed by atoms with Gasteiger partial charge in [0, 0.05) is 17.6 Å². The first-order chi connectivity index (χ1) is 10.6. The van der Waals surface area contributed by atoms with E-state index in [1.807, 2.05) is 30.3 Å². The Morgan fingerprint density at radius 1 is 1.05 bits per heavy atom. The van der Waals surface area contributed by atoms with Gasteiger partial charge in [-0.1, -0.05) is 24.3 Å².